The van der Waals surface area contributed by atoms with Crippen LogP contribution in [0.3, 0.4) is 0 Å². The number of para-hydroxylation sites is 1. The third-order valence-corrected chi connectivity index (χ3v) is 7.28. The Hall–Kier alpha value is -2.98. The highest BCUT2D eigenvalue weighted by atomic mass is 32.2. The lowest BCUT2D eigenvalue weighted by atomic mass is 10.0. The first kappa shape index (κ1) is 18.1. The molecule has 29 heavy (non-hydrogen) atoms. The fourth-order valence-corrected chi connectivity index (χ4v) is 5.52. The molecule has 4 heterocycles. The number of anilines is 1. The first-order chi connectivity index (χ1) is 14.1. The van der Waals surface area contributed by atoms with Gasteiger partial charge in [-0.15, -0.1) is 0 Å². The molecule has 10 heteroatoms. The summed E-state index contributed by atoms with van der Waals surface area (Å²) >= 11 is 0. The average Bonchev–Trinajstić information content (AvgIpc) is 3.22. The molecule has 1 fully saturated rings. The van der Waals surface area contributed by atoms with Crippen LogP contribution in [0.15, 0.2) is 52.3 Å². The number of piperidine rings is 1. The summed E-state index contributed by atoms with van der Waals surface area (Å²) < 4.78 is 38.0. The second kappa shape index (κ2) is 6.82. The summed E-state index contributed by atoms with van der Waals surface area (Å²) in [4.78, 5) is 18.1. The molecule has 0 unspecified atom stereocenters. The highest BCUT2D eigenvalue weighted by Gasteiger charge is 2.38. The number of amides is 1. The molecule has 5 rings (SSSR count). The largest absolute Gasteiger partial charge is 0.444 e. The Labute approximate surface area is 166 Å². The van der Waals surface area contributed by atoms with Crippen LogP contribution in [0, 0.1) is 0 Å². The van der Waals surface area contributed by atoms with Gasteiger partial charge in [-0.1, -0.05) is 23.4 Å². The number of nitrogens with zero attached hydrogens (tertiary/aromatic N) is 4. The molecule has 0 bridgehead atoms. The SMILES string of the molecule is O=C1OCc2ccccc2N1C1CCN(S(=O)(=O)c2nccc3oncc23)CC1. The van der Waals surface area contributed by atoms with E-state index in [1.54, 1.807) is 11.0 Å². The van der Waals surface area contributed by atoms with Crippen LogP contribution < -0.4 is 4.90 Å². The van der Waals surface area contributed by atoms with Gasteiger partial charge < -0.3 is 9.26 Å². The molecule has 1 amide bonds. The van der Waals surface area contributed by atoms with Gasteiger partial charge in [0.25, 0.3) is 10.0 Å². The van der Waals surface area contributed by atoms with Gasteiger partial charge in [-0.05, 0) is 18.9 Å². The van der Waals surface area contributed by atoms with Gasteiger partial charge in [-0.2, -0.15) is 4.31 Å². The minimum Gasteiger partial charge on any atom is -0.444 e. The summed E-state index contributed by atoms with van der Waals surface area (Å²) in [5.41, 5.74) is 2.16. The first-order valence-electron chi connectivity index (χ1n) is 9.29. The van der Waals surface area contributed by atoms with Crippen molar-refractivity contribution in [3.63, 3.8) is 0 Å². The summed E-state index contributed by atoms with van der Waals surface area (Å²) in [6, 6.07) is 9.07. The Bertz CT molecular complexity index is 1180. The number of carbonyl (C=O) groups is 1. The maximum Gasteiger partial charge on any atom is 0.414 e. The van der Waals surface area contributed by atoms with Crippen molar-refractivity contribution in [1.29, 1.82) is 0 Å². The lowest BCUT2D eigenvalue weighted by molar-refractivity contribution is 0.136. The van der Waals surface area contributed by atoms with E-state index in [4.69, 9.17) is 9.26 Å². The van der Waals surface area contributed by atoms with E-state index >= 15 is 0 Å². The van der Waals surface area contributed by atoms with Gasteiger partial charge in [0.05, 0.1) is 17.3 Å². The van der Waals surface area contributed by atoms with Crippen molar-refractivity contribution >= 4 is 32.8 Å². The molecule has 0 radical (unpaired) electrons. The number of cyclic esters (lactones) is 1. The van der Waals surface area contributed by atoms with Crippen LogP contribution in [0.1, 0.15) is 18.4 Å². The number of benzene rings is 1. The number of aromatic nitrogens is 2. The minimum absolute atomic E-state index is 0.0579. The van der Waals surface area contributed by atoms with E-state index in [-0.39, 0.29) is 36.9 Å². The molecule has 2 aliphatic heterocycles. The van der Waals surface area contributed by atoms with Crippen LogP contribution in [0.5, 0.6) is 0 Å². The van der Waals surface area contributed by atoms with Crippen LogP contribution in [0.4, 0.5) is 10.5 Å². The summed E-state index contributed by atoms with van der Waals surface area (Å²) in [5, 5.41) is 3.97. The Morgan fingerprint density at radius 3 is 2.72 bits per heavy atom. The van der Waals surface area contributed by atoms with Crippen LogP contribution >= 0.6 is 0 Å². The predicted molar refractivity (Wildman–Crippen MR) is 103 cm³/mol. The Morgan fingerprint density at radius 2 is 1.90 bits per heavy atom. The predicted octanol–water partition coefficient (Wildman–Crippen LogP) is 2.53. The number of rotatable bonds is 3. The highest BCUT2D eigenvalue weighted by molar-refractivity contribution is 7.89. The van der Waals surface area contributed by atoms with Gasteiger partial charge in [0, 0.05) is 37.0 Å². The summed E-state index contributed by atoms with van der Waals surface area (Å²) in [7, 11) is -3.80. The van der Waals surface area contributed by atoms with E-state index in [0.717, 1.165) is 11.3 Å². The van der Waals surface area contributed by atoms with E-state index < -0.39 is 10.0 Å². The van der Waals surface area contributed by atoms with Crippen LogP contribution in [0.25, 0.3) is 11.0 Å². The Morgan fingerprint density at radius 1 is 1.10 bits per heavy atom. The van der Waals surface area contributed by atoms with Gasteiger partial charge in [0.15, 0.2) is 10.6 Å². The van der Waals surface area contributed by atoms with Gasteiger partial charge in [-0.25, -0.2) is 18.2 Å². The summed E-state index contributed by atoms with van der Waals surface area (Å²) in [6.45, 7) is 0.817. The van der Waals surface area contributed by atoms with Crippen molar-refractivity contribution in [2.75, 3.05) is 18.0 Å². The van der Waals surface area contributed by atoms with Gasteiger partial charge in [-0.3, -0.25) is 4.90 Å². The molecule has 2 aromatic heterocycles. The number of hydrogen-bond acceptors (Lipinski definition) is 7. The number of hydrogen-bond donors (Lipinski definition) is 0. The zero-order valence-corrected chi connectivity index (χ0v) is 16.2. The lowest BCUT2D eigenvalue weighted by Gasteiger charge is -2.39. The van der Waals surface area contributed by atoms with E-state index in [2.05, 4.69) is 10.1 Å². The topological polar surface area (TPSA) is 106 Å². The molecular formula is C19H18N4O5S. The van der Waals surface area contributed by atoms with E-state index in [1.165, 1.54) is 16.7 Å². The molecule has 1 saturated heterocycles. The molecule has 3 aromatic rings. The molecule has 0 spiro atoms. The maximum absolute atomic E-state index is 13.1. The van der Waals surface area contributed by atoms with Gasteiger partial charge >= 0.3 is 6.09 Å². The first-order valence-corrected chi connectivity index (χ1v) is 10.7. The van der Waals surface area contributed by atoms with Crippen molar-refractivity contribution in [1.82, 2.24) is 14.4 Å². The van der Waals surface area contributed by atoms with Crippen LogP contribution in [0.2, 0.25) is 0 Å². The van der Waals surface area contributed by atoms with Gasteiger partial charge in [0.2, 0.25) is 0 Å². The molecule has 0 atom stereocenters. The van der Waals surface area contributed by atoms with Crippen molar-refractivity contribution in [3.8, 4) is 0 Å². The van der Waals surface area contributed by atoms with Gasteiger partial charge in [0.1, 0.15) is 6.61 Å². The molecule has 9 nitrogen and oxygen atoms in total. The quantitative estimate of drug-likeness (QED) is 0.648. The maximum atomic E-state index is 13.1. The minimum atomic E-state index is -3.80. The number of ether oxygens (including phenoxy) is 1. The number of carbonyl (C=O) groups excluding carboxylic acids is 1. The van der Waals surface area contributed by atoms with Crippen molar-refractivity contribution in [2.45, 2.75) is 30.5 Å². The molecule has 0 aliphatic carbocycles. The molecule has 2 aliphatic rings. The second-order valence-corrected chi connectivity index (χ2v) is 8.90. The van der Waals surface area contributed by atoms with Crippen molar-refractivity contribution < 1.29 is 22.5 Å². The zero-order valence-electron chi connectivity index (χ0n) is 15.4. The number of pyridine rings is 1. The summed E-state index contributed by atoms with van der Waals surface area (Å²) in [5.74, 6) is 0. The summed E-state index contributed by atoms with van der Waals surface area (Å²) in [6.07, 6.45) is 3.38. The number of fused-ring (bicyclic) bond motifs is 2. The van der Waals surface area contributed by atoms with Crippen LogP contribution in [-0.4, -0.2) is 48.1 Å². The van der Waals surface area contributed by atoms with E-state index in [1.807, 2.05) is 24.3 Å². The van der Waals surface area contributed by atoms with Crippen LogP contribution in [-0.2, 0) is 21.4 Å². The Kier molecular flexibility index (Phi) is 4.25. The van der Waals surface area contributed by atoms with Crippen molar-refractivity contribution in [3.05, 3.63) is 48.3 Å². The van der Waals surface area contributed by atoms with E-state index in [9.17, 15) is 13.2 Å². The second-order valence-electron chi connectivity index (χ2n) is 7.04. The third-order valence-electron chi connectivity index (χ3n) is 5.42. The van der Waals surface area contributed by atoms with E-state index in [0.29, 0.717) is 23.8 Å². The molecule has 1 aromatic carbocycles. The normalized spacial score (nSPS) is 18.6. The van der Waals surface area contributed by atoms with Crippen molar-refractivity contribution in [2.24, 2.45) is 0 Å². The average molecular weight is 414 g/mol. The monoisotopic (exact) mass is 414 g/mol. The molecular weight excluding hydrogens is 396 g/mol. The zero-order chi connectivity index (χ0) is 20.0. The molecule has 0 saturated carbocycles. The molecule has 150 valence electrons. The lowest BCUT2D eigenvalue weighted by Crippen LogP contribution is -2.50. The smallest absolute Gasteiger partial charge is 0.414 e. The molecule has 0 N–H and O–H groups in total. The third kappa shape index (κ3) is 2.95. The Balaban J connectivity index is 1.38. The number of sulfonamides is 1. The highest BCUT2D eigenvalue weighted by Crippen LogP contribution is 2.33. The fraction of sp³-hybridized carbons (Fsp3) is 0.316. The fourth-order valence-electron chi connectivity index (χ4n) is 3.96. The standard InChI is InChI=1S/C19H18N4O5S/c24-19-23(16-4-2-1-3-13(16)12-27-19)14-6-9-22(10-7-14)29(25,26)18-15-11-21-28-17(15)5-8-20-18/h1-5,8,11,14H,6-7,9-10,12H2.